The van der Waals surface area contributed by atoms with Crippen LogP contribution in [0.25, 0.3) is 0 Å². The summed E-state index contributed by atoms with van der Waals surface area (Å²) in [5.41, 5.74) is 2.53. The van der Waals surface area contributed by atoms with Crippen molar-refractivity contribution >= 4 is 35.2 Å². The number of hydrazone groups is 1. The first-order valence-electron chi connectivity index (χ1n) is 11.5. The lowest BCUT2D eigenvalue weighted by atomic mass is 9.83. The molecule has 0 N–H and O–H groups in total. The van der Waals surface area contributed by atoms with Gasteiger partial charge in [-0.25, -0.2) is 4.90 Å². The largest absolute Gasteiger partial charge is 0.292 e. The minimum atomic E-state index is -0.993. The number of carbonyl (C=O) groups excluding carboxylic acids is 3. The molecule has 9 nitrogen and oxygen atoms in total. The maximum absolute atomic E-state index is 13.9. The summed E-state index contributed by atoms with van der Waals surface area (Å²) in [7, 11) is 0. The maximum Gasteiger partial charge on any atom is 0.271 e. The van der Waals surface area contributed by atoms with E-state index in [1.165, 1.54) is 18.2 Å². The van der Waals surface area contributed by atoms with E-state index in [0.29, 0.717) is 11.1 Å². The number of nitrogens with zero attached hydrogens (tertiary/aromatic N) is 4. The van der Waals surface area contributed by atoms with E-state index in [4.69, 9.17) is 0 Å². The molecule has 3 aromatic rings. The normalized spacial score (nSPS) is 23.9. The first-order chi connectivity index (χ1) is 17.4. The number of nitro groups is 1. The van der Waals surface area contributed by atoms with Crippen LogP contribution in [0.2, 0.25) is 0 Å². The van der Waals surface area contributed by atoms with Gasteiger partial charge in [0.05, 0.1) is 34.7 Å². The molecule has 0 aromatic heterocycles. The fraction of sp³-hybridized carbons (Fsp3) is 0.185. The number of aryl methyl sites for hydroxylation is 1. The molecule has 0 unspecified atom stereocenters. The third-order valence-corrected chi connectivity index (χ3v) is 7.26. The lowest BCUT2D eigenvalue weighted by Gasteiger charge is -2.34. The first-order valence-corrected chi connectivity index (χ1v) is 11.5. The molecule has 6 rings (SSSR count). The summed E-state index contributed by atoms with van der Waals surface area (Å²) in [6, 6.07) is 18.6. The fourth-order valence-electron chi connectivity index (χ4n) is 5.63. The number of nitro benzene ring substituents is 1. The van der Waals surface area contributed by atoms with Crippen molar-refractivity contribution in [3.8, 4) is 0 Å². The van der Waals surface area contributed by atoms with Gasteiger partial charge in [-0.2, -0.15) is 5.10 Å². The molecule has 2 saturated heterocycles. The Morgan fingerprint density at radius 2 is 1.64 bits per heavy atom. The molecular weight excluding hydrogens is 460 g/mol. The number of ketones is 1. The smallest absolute Gasteiger partial charge is 0.271 e. The average molecular weight is 480 g/mol. The molecule has 178 valence electrons. The second-order valence-electron chi connectivity index (χ2n) is 9.16. The van der Waals surface area contributed by atoms with E-state index in [0.717, 1.165) is 16.0 Å². The Balaban J connectivity index is 1.51. The van der Waals surface area contributed by atoms with Gasteiger partial charge in [-0.15, -0.1) is 0 Å². The van der Waals surface area contributed by atoms with Crippen molar-refractivity contribution in [1.29, 1.82) is 0 Å². The molecule has 0 saturated carbocycles. The molecule has 0 bridgehead atoms. The van der Waals surface area contributed by atoms with E-state index in [9.17, 15) is 24.5 Å². The molecule has 4 atom stereocenters. The highest BCUT2D eigenvalue weighted by molar-refractivity contribution is 6.25. The van der Waals surface area contributed by atoms with Crippen molar-refractivity contribution in [2.24, 2.45) is 16.9 Å². The summed E-state index contributed by atoms with van der Waals surface area (Å²) in [6.07, 6.45) is 1.65. The molecule has 9 heteroatoms. The highest BCUT2D eigenvalue weighted by Crippen LogP contribution is 2.53. The van der Waals surface area contributed by atoms with Gasteiger partial charge < -0.3 is 0 Å². The molecule has 0 radical (unpaired) electrons. The lowest BCUT2D eigenvalue weighted by molar-refractivity contribution is -0.384. The molecule has 0 aliphatic carbocycles. The van der Waals surface area contributed by atoms with Crippen LogP contribution in [0.3, 0.4) is 0 Å². The zero-order chi connectivity index (χ0) is 25.1. The van der Waals surface area contributed by atoms with E-state index in [-0.39, 0.29) is 17.2 Å². The fourth-order valence-corrected chi connectivity index (χ4v) is 5.63. The summed E-state index contributed by atoms with van der Waals surface area (Å²) in [5, 5.41) is 17.5. The van der Waals surface area contributed by atoms with Gasteiger partial charge in [-0.1, -0.05) is 60.7 Å². The first kappa shape index (κ1) is 21.8. The quantitative estimate of drug-likeness (QED) is 0.244. The van der Waals surface area contributed by atoms with E-state index in [1.54, 1.807) is 48.5 Å². The van der Waals surface area contributed by atoms with Crippen molar-refractivity contribution in [1.82, 2.24) is 5.01 Å². The van der Waals surface area contributed by atoms with Gasteiger partial charge in [0.25, 0.3) is 5.69 Å². The van der Waals surface area contributed by atoms with Crippen LogP contribution in [0.15, 0.2) is 77.9 Å². The number of fused-ring (bicyclic) bond motifs is 5. The highest BCUT2D eigenvalue weighted by Gasteiger charge is 2.65. The molecular formula is C27H20N4O5. The number of anilines is 1. The van der Waals surface area contributed by atoms with Gasteiger partial charge in [0.2, 0.25) is 11.8 Å². The Morgan fingerprint density at radius 3 is 2.39 bits per heavy atom. The summed E-state index contributed by atoms with van der Waals surface area (Å²) in [5.74, 6) is -3.20. The summed E-state index contributed by atoms with van der Waals surface area (Å²) >= 11 is 0. The Hall–Kier alpha value is -4.66. The zero-order valence-corrected chi connectivity index (χ0v) is 19.1. The Bertz CT molecular complexity index is 1480. The standard InChI is InChI=1S/C27H20N4O5/c1-15-11-12-18(31(35)36)13-20(15)29-26(33)21-22(27(29)34)24(25(32)16-7-3-2-4-8-16)30-23(21)19-10-6-5-9-17(19)14-28-30/h2-14,21-24H,1H3/t21-,22-,23-,24+/m1/s1. The third kappa shape index (κ3) is 3.02. The van der Waals surface area contributed by atoms with Crippen molar-refractivity contribution in [3.05, 3.63) is 105 Å². The number of amides is 2. The van der Waals surface area contributed by atoms with Crippen LogP contribution < -0.4 is 4.90 Å². The minimum Gasteiger partial charge on any atom is -0.292 e. The highest BCUT2D eigenvalue weighted by atomic mass is 16.6. The molecule has 36 heavy (non-hydrogen) atoms. The van der Waals surface area contributed by atoms with Gasteiger partial charge in [-0.3, -0.25) is 29.5 Å². The zero-order valence-electron chi connectivity index (χ0n) is 19.1. The van der Waals surface area contributed by atoms with Gasteiger partial charge in [0, 0.05) is 17.7 Å². The number of rotatable bonds is 4. The predicted octanol–water partition coefficient (Wildman–Crippen LogP) is 3.66. The van der Waals surface area contributed by atoms with Crippen molar-refractivity contribution < 1.29 is 19.3 Å². The molecule has 0 spiro atoms. The number of benzene rings is 3. The number of hydrogen-bond donors (Lipinski definition) is 0. The molecule has 3 aliphatic rings. The van der Waals surface area contributed by atoms with Crippen LogP contribution in [0, 0.1) is 28.9 Å². The number of non-ortho nitro benzene ring substituents is 1. The Kier molecular flexibility index (Phi) is 4.82. The summed E-state index contributed by atoms with van der Waals surface area (Å²) in [4.78, 5) is 53.5. The second-order valence-corrected chi connectivity index (χ2v) is 9.16. The number of imide groups is 1. The average Bonchev–Trinajstić information content (AvgIpc) is 3.37. The van der Waals surface area contributed by atoms with Crippen LogP contribution >= 0.6 is 0 Å². The van der Waals surface area contributed by atoms with E-state index >= 15 is 0 Å². The minimum absolute atomic E-state index is 0.165. The summed E-state index contributed by atoms with van der Waals surface area (Å²) in [6.45, 7) is 1.69. The van der Waals surface area contributed by atoms with Gasteiger partial charge in [0.15, 0.2) is 5.78 Å². The van der Waals surface area contributed by atoms with Gasteiger partial charge in [0.1, 0.15) is 6.04 Å². The third-order valence-electron chi connectivity index (χ3n) is 7.26. The predicted molar refractivity (Wildman–Crippen MR) is 130 cm³/mol. The van der Waals surface area contributed by atoms with Crippen LogP contribution in [0.1, 0.15) is 33.1 Å². The topological polar surface area (TPSA) is 113 Å². The lowest BCUT2D eigenvalue weighted by Crippen LogP contribution is -2.44. The molecule has 3 heterocycles. The maximum atomic E-state index is 13.9. The molecule has 3 aliphatic heterocycles. The van der Waals surface area contributed by atoms with Crippen LogP contribution in [0.5, 0.6) is 0 Å². The van der Waals surface area contributed by atoms with Crippen molar-refractivity contribution in [2.45, 2.75) is 19.0 Å². The van der Waals surface area contributed by atoms with E-state index in [2.05, 4.69) is 5.10 Å². The number of Topliss-reactive ketones (excluding diaryl/α,β-unsaturated/α-hetero) is 1. The van der Waals surface area contributed by atoms with E-state index < -0.39 is 40.7 Å². The second kappa shape index (κ2) is 7.94. The van der Waals surface area contributed by atoms with E-state index in [1.807, 2.05) is 24.3 Å². The number of carbonyl (C=O) groups is 3. The van der Waals surface area contributed by atoms with Gasteiger partial charge in [-0.05, 0) is 23.6 Å². The van der Waals surface area contributed by atoms with Crippen LogP contribution in [-0.4, -0.2) is 39.8 Å². The SMILES string of the molecule is Cc1ccc([N+](=O)[O-])cc1N1C(=O)[C@@H]2[C@@H](C1=O)[C@H]1c3ccccc3C=NN1[C@@H]2C(=O)c1ccccc1. The Labute approximate surface area is 205 Å². The molecule has 2 amide bonds. The molecule has 3 aromatic carbocycles. The van der Waals surface area contributed by atoms with Crippen LogP contribution in [0.4, 0.5) is 11.4 Å². The van der Waals surface area contributed by atoms with Gasteiger partial charge >= 0.3 is 0 Å². The Morgan fingerprint density at radius 1 is 0.944 bits per heavy atom. The van der Waals surface area contributed by atoms with Crippen molar-refractivity contribution in [2.75, 3.05) is 4.90 Å². The molecule has 2 fully saturated rings. The van der Waals surface area contributed by atoms with Crippen molar-refractivity contribution in [3.63, 3.8) is 0 Å². The summed E-state index contributed by atoms with van der Waals surface area (Å²) < 4.78 is 0. The number of hydrogen-bond acceptors (Lipinski definition) is 7. The van der Waals surface area contributed by atoms with Crippen LogP contribution in [-0.2, 0) is 9.59 Å². The monoisotopic (exact) mass is 480 g/mol.